The molecule has 0 spiro atoms. The van der Waals surface area contributed by atoms with Crippen molar-refractivity contribution in [2.75, 3.05) is 13.7 Å². The van der Waals surface area contributed by atoms with Crippen LogP contribution in [0.25, 0.3) is 0 Å². The second-order valence-corrected chi connectivity index (χ2v) is 4.07. The maximum atomic E-state index is 11.7. The average Bonchev–Trinajstić information content (AvgIpc) is 2.27. The van der Waals surface area contributed by atoms with Crippen LogP contribution in [0.3, 0.4) is 0 Å². The molecular weight excluding hydrogens is 210 g/mol. The molecule has 0 aliphatic rings. The van der Waals surface area contributed by atoms with Crippen LogP contribution in [0, 0.1) is 5.92 Å². The van der Waals surface area contributed by atoms with E-state index < -0.39 is 17.5 Å². The lowest BCUT2D eigenvalue weighted by Crippen LogP contribution is -2.46. The van der Waals surface area contributed by atoms with Gasteiger partial charge in [-0.05, 0) is 19.8 Å². The van der Waals surface area contributed by atoms with Crippen LogP contribution in [0.1, 0.15) is 33.6 Å². The largest absolute Gasteiger partial charge is 0.481 e. The molecule has 2 atom stereocenters. The van der Waals surface area contributed by atoms with E-state index in [9.17, 15) is 9.59 Å². The number of aliphatic carboxylic acids is 1. The van der Waals surface area contributed by atoms with Crippen LogP contribution in [0.5, 0.6) is 0 Å². The Labute approximate surface area is 96.2 Å². The van der Waals surface area contributed by atoms with E-state index in [4.69, 9.17) is 9.84 Å². The summed E-state index contributed by atoms with van der Waals surface area (Å²) >= 11 is 0. The van der Waals surface area contributed by atoms with E-state index in [1.807, 2.05) is 6.92 Å². The number of carboxylic acids is 1. The third-order valence-corrected chi connectivity index (χ3v) is 2.89. The number of hydrogen-bond acceptors (Lipinski definition) is 3. The van der Waals surface area contributed by atoms with Gasteiger partial charge in [0.25, 0.3) is 5.91 Å². The van der Waals surface area contributed by atoms with E-state index in [1.165, 1.54) is 7.11 Å². The van der Waals surface area contributed by atoms with Crippen molar-refractivity contribution in [2.24, 2.45) is 5.92 Å². The summed E-state index contributed by atoms with van der Waals surface area (Å²) in [6.45, 7) is 5.54. The standard InChI is InChI=1S/C11H21NO4/c1-5-11(3,16-4)10(15)12-7-6-8(2)9(13)14/h8H,5-7H2,1-4H3,(H,12,15)(H,13,14). The zero-order chi connectivity index (χ0) is 12.8. The van der Waals surface area contributed by atoms with Crippen LogP contribution in [-0.4, -0.2) is 36.2 Å². The normalized spacial score (nSPS) is 16.2. The first kappa shape index (κ1) is 14.9. The lowest BCUT2D eigenvalue weighted by Gasteiger charge is -2.25. The summed E-state index contributed by atoms with van der Waals surface area (Å²) in [6, 6.07) is 0. The van der Waals surface area contributed by atoms with Crippen LogP contribution >= 0.6 is 0 Å². The topological polar surface area (TPSA) is 75.6 Å². The molecule has 2 N–H and O–H groups in total. The van der Waals surface area contributed by atoms with Crippen LogP contribution in [0.15, 0.2) is 0 Å². The molecular formula is C11H21NO4. The highest BCUT2D eigenvalue weighted by molar-refractivity contribution is 5.84. The average molecular weight is 231 g/mol. The summed E-state index contributed by atoms with van der Waals surface area (Å²) in [5, 5.41) is 11.3. The number of ether oxygens (including phenoxy) is 1. The molecule has 2 unspecified atom stereocenters. The van der Waals surface area contributed by atoms with Gasteiger partial charge in [-0.3, -0.25) is 9.59 Å². The van der Waals surface area contributed by atoms with Gasteiger partial charge in [0, 0.05) is 13.7 Å². The van der Waals surface area contributed by atoms with Crippen molar-refractivity contribution >= 4 is 11.9 Å². The summed E-state index contributed by atoms with van der Waals surface area (Å²) in [4.78, 5) is 22.2. The van der Waals surface area contributed by atoms with Crippen molar-refractivity contribution in [1.29, 1.82) is 0 Å². The first-order chi connectivity index (χ1) is 7.37. The summed E-state index contributed by atoms with van der Waals surface area (Å²) in [6.07, 6.45) is 0.994. The Bertz CT molecular complexity index is 248. The third-order valence-electron chi connectivity index (χ3n) is 2.89. The fourth-order valence-electron chi connectivity index (χ4n) is 1.11. The predicted octanol–water partition coefficient (Wildman–Crippen LogP) is 1.03. The van der Waals surface area contributed by atoms with Gasteiger partial charge in [-0.25, -0.2) is 0 Å². The zero-order valence-electron chi connectivity index (χ0n) is 10.4. The molecule has 0 saturated heterocycles. The van der Waals surface area contributed by atoms with Crippen LogP contribution in [-0.2, 0) is 14.3 Å². The summed E-state index contributed by atoms with van der Waals surface area (Å²) in [7, 11) is 1.49. The predicted molar refractivity (Wildman–Crippen MR) is 60.1 cm³/mol. The smallest absolute Gasteiger partial charge is 0.306 e. The second kappa shape index (κ2) is 6.48. The molecule has 0 aliphatic heterocycles. The summed E-state index contributed by atoms with van der Waals surface area (Å²) in [5.41, 5.74) is -0.827. The third kappa shape index (κ3) is 4.18. The molecule has 0 bridgehead atoms. The lowest BCUT2D eigenvalue weighted by atomic mass is 10.0. The highest BCUT2D eigenvalue weighted by Crippen LogP contribution is 2.13. The van der Waals surface area contributed by atoms with Gasteiger partial charge in [0.15, 0.2) is 0 Å². The molecule has 0 aliphatic carbocycles. The minimum absolute atomic E-state index is 0.199. The van der Waals surface area contributed by atoms with Gasteiger partial charge >= 0.3 is 5.97 Å². The van der Waals surface area contributed by atoms with Gasteiger partial charge in [-0.2, -0.15) is 0 Å². The summed E-state index contributed by atoms with van der Waals surface area (Å²) < 4.78 is 5.13. The van der Waals surface area contributed by atoms with E-state index in [2.05, 4.69) is 5.32 Å². The molecule has 16 heavy (non-hydrogen) atoms. The molecule has 1 amide bonds. The first-order valence-electron chi connectivity index (χ1n) is 5.43. The number of nitrogens with one attached hydrogen (secondary N) is 1. The zero-order valence-corrected chi connectivity index (χ0v) is 10.4. The molecule has 0 aromatic carbocycles. The number of carbonyl (C=O) groups is 2. The number of amides is 1. The molecule has 0 heterocycles. The molecule has 0 aromatic rings. The van der Waals surface area contributed by atoms with E-state index in [-0.39, 0.29) is 5.91 Å². The van der Waals surface area contributed by atoms with Crippen molar-refractivity contribution in [3.63, 3.8) is 0 Å². The van der Waals surface area contributed by atoms with Crippen molar-refractivity contribution in [3.8, 4) is 0 Å². The van der Waals surface area contributed by atoms with Gasteiger partial charge in [0.2, 0.25) is 0 Å². The molecule has 0 radical (unpaired) electrons. The highest BCUT2D eigenvalue weighted by Gasteiger charge is 2.30. The number of hydrogen-bond donors (Lipinski definition) is 2. The monoisotopic (exact) mass is 231 g/mol. The first-order valence-corrected chi connectivity index (χ1v) is 5.43. The number of methoxy groups -OCH3 is 1. The molecule has 0 rings (SSSR count). The fraction of sp³-hybridized carbons (Fsp3) is 0.818. The Balaban J connectivity index is 4.03. The van der Waals surface area contributed by atoms with Gasteiger partial charge in [-0.15, -0.1) is 0 Å². The lowest BCUT2D eigenvalue weighted by molar-refractivity contribution is -0.143. The van der Waals surface area contributed by atoms with E-state index in [0.717, 1.165) is 0 Å². The number of carbonyl (C=O) groups excluding carboxylic acids is 1. The quantitative estimate of drug-likeness (QED) is 0.686. The van der Waals surface area contributed by atoms with Crippen molar-refractivity contribution in [3.05, 3.63) is 0 Å². The minimum Gasteiger partial charge on any atom is -0.481 e. The second-order valence-electron chi connectivity index (χ2n) is 4.07. The SMILES string of the molecule is CCC(C)(OC)C(=O)NCCC(C)C(=O)O. The van der Waals surface area contributed by atoms with Crippen molar-refractivity contribution < 1.29 is 19.4 Å². The Morgan fingerprint density at radius 3 is 2.44 bits per heavy atom. The van der Waals surface area contributed by atoms with Crippen LogP contribution < -0.4 is 5.32 Å². The Hall–Kier alpha value is -1.10. The number of carboxylic acid groups (broad SMARTS) is 1. The summed E-state index contributed by atoms with van der Waals surface area (Å²) in [5.74, 6) is -1.50. The van der Waals surface area contributed by atoms with Gasteiger partial charge in [0.05, 0.1) is 5.92 Å². The molecule has 0 saturated carbocycles. The highest BCUT2D eigenvalue weighted by atomic mass is 16.5. The maximum absolute atomic E-state index is 11.7. The Kier molecular flexibility index (Phi) is 6.03. The number of rotatable bonds is 7. The minimum atomic E-state index is -0.848. The van der Waals surface area contributed by atoms with E-state index >= 15 is 0 Å². The Morgan fingerprint density at radius 2 is 2.06 bits per heavy atom. The van der Waals surface area contributed by atoms with Crippen molar-refractivity contribution in [1.82, 2.24) is 5.32 Å². The molecule has 0 aromatic heterocycles. The van der Waals surface area contributed by atoms with Gasteiger partial charge < -0.3 is 15.2 Å². The Morgan fingerprint density at radius 1 is 1.50 bits per heavy atom. The molecule has 0 fully saturated rings. The molecule has 5 heteroatoms. The fourth-order valence-corrected chi connectivity index (χ4v) is 1.11. The van der Waals surface area contributed by atoms with E-state index in [1.54, 1.807) is 13.8 Å². The van der Waals surface area contributed by atoms with Gasteiger partial charge in [0.1, 0.15) is 5.60 Å². The van der Waals surface area contributed by atoms with Crippen LogP contribution in [0.4, 0.5) is 0 Å². The van der Waals surface area contributed by atoms with E-state index in [0.29, 0.717) is 19.4 Å². The molecule has 5 nitrogen and oxygen atoms in total. The van der Waals surface area contributed by atoms with Crippen LogP contribution in [0.2, 0.25) is 0 Å². The molecule has 94 valence electrons. The maximum Gasteiger partial charge on any atom is 0.306 e. The van der Waals surface area contributed by atoms with Gasteiger partial charge in [-0.1, -0.05) is 13.8 Å². The van der Waals surface area contributed by atoms with Crippen molar-refractivity contribution in [2.45, 2.75) is 39.2 Å².